The van der Waals surface area contributed by atoms with E-state index in [1.54, 1.807) is 7.11 Å². The Morgan fingerprint density at radius 3 is 2.65 bits per heavy atom. The van der Waals surface area contributed by atoms with E-state index in [2.05, 4.69) is 21.2 Å². The van der Waals surface area contributed by atoms with Crippen molar-refractivity contribution in [3.8, 4) is 11.5 Å². The van der Waals surface area contributed by atoms with E-state index in [0.29, 0.717) is 23.8 Å². The number of ketones is 1. The molecule has 1 N–H and O–H groups in total. The van der Waals surface area contributed by atoms with Crippen molar-refractivity contribution >= 4 is 33.3 Å². The molecule has 31 heavy (non-hydrogen) atoms. The first-order chi connectivity index (χ1) is 15.0. The predicted molar refractivity (Wildman–Crippen MR) is 124 cm³/mol. The van der Waals surface area contributed by atoms with Gasteiger partial charge < -0.3 is 14.8 Å². The van der Waals surface area contributed by atoms with Crippen LogP contribution < -0.4 is 14.8 Å². The molecule has 0 bridgehead atoms. The average Bonchev–Trinajstić information content (AvgIpc) is 2.95. The Bertz CT molecular complexity index is 981. The Balaban J connectivity index is 1.38. The van der Waals surface area contributed by atoms with Crippen LogP contribution in [0.5, 0.6) is 11.5 Å². The van der Waals surface area contributed by atoms with Crippen LogP contribution in [-0.2, 0) is 4.79 Å². The van der Waals surface area contributed by atoms with E-state index in [-0.39, 0.29) is 23.5 Å². The van der Waals surface area contributed by atoms with E-state index >= 15 is 0 Å². The van der Waals surface area contributed by atoms with Gasteiger partial charge in [0.15, 0.2) is 5.78 Å². The number of anilines is 1. The molecule has 1 aliphatic carbocycles. The topological polar surface area (TPSA) is 64.6 Å². The number of amides is 1. The summed E-state index contributed by atoms with van der Waals surface area (Å²) < 4.78 is 12.1. The number of halogens is 1. The lowest BCUT2D eigenvalue weighted by atomic mass is 9.72. The van der Waals surface area contributed by atoms with Gasteiger partial charge in [-0.05, 0) is 84.6 Å². The number of carbonyl (C=O) groups excluding carboxylic acids is 2. The lowest BCUT2D eigenvalue weighted by Gasteiger charge is -2.32. The van der Waals surface area contributed by atoms with Crippen LogP contribution in [0.25, 0.3) is 0 Å². The largest absolute Gasteiger partial charge is 0.496 e. The van der Waals surface area contributed by atoms with Gasteiger partial charge in [-0.2, -0.15) is 0 Å². The maximum Gasteiger partial charge on any atom is 0.227 e. The lowest BCUT2D eigenvalue weighted by molar-refractivity contribution is -0.121. The zero-order valence-electron chi connectivity index (χ0n) is 17.9. The number of aryl methyl sites for hydroxylation is 1. The third-order valence-corrected chi connectivity index (χ3v) is 7.26. The number of benzene rings is 2. The van der Waals surface area contributed by atoms with Crippen LogP contribution in [0.2, 0.25) is 0 Å². The van der Waals surface area contributed by atoms with E-state index < -0.39 is 0 Å². The SMILES string of the molecule is COc1cc(NC(=O)C2CCC(C3CCOc4c(Br)cccc4C3=O)CC2)ccc1C. The molecule has 0 radical (unpaired) electrons. The van der Waals surface area contributed by atoms with Gasteiger partial charge in [0.2, 0.25) is 5.91 Å². The maximum absolute atomic E-state index is 13.2. The van der Waals surface area contributed by atoms with Gasteiger partial charge in [-0.15, -0.1) is 0 Å². The monoisotopic (exact) mass is 485 g/mol. The molecule has 1 fully saturated rings. The number of hydrogen-bond acceptors (Lipinski definition) is 4. The second-order valence-electron chi connectivity index (χ2n) is 8.51. The van der Waals surface area contributed by atoms with Crippen LogP contribution in [-0.4, -0.2) is 25.4 Å². The quantitative estimate of drug-likeness (QED) is 0.594. The van der Waals surface area contributed by atoms with Gasteiger partial charge in [0.25, 0.3) is 0 Å². The number of rotatable bonds is 4. The fourth-order valence-electron chi connectivity index (χ4n) is 4.84. The highest BCUT2D eigenvalue weighted by atomic mass is 79.9. The molecular formula is C25H28BrNO4. The number of nitrogens with one attached hydrogen (secondary N) is 1. The summed E-state index contributed by atoms with van der Waals surface area (Å²) >= 11 is 3.49. The summed E-state index contributed by atoms with van der Waals surface area (Å²) in [6.45, 7) is 2.52. The molecule has 1 unspecified atom stereocenters. The molecule has 0 aromatic heterocycles. The summed E-state index contributed by atoms with van der Waals surface area (Å²) in [7, 11) is 1.63. The Morgan fingerprint density at radius 1 is 1.13 bits per heavy atom. The van der Waals surface area contributed by atoms with Crippen LogP contribution in [0, 0.1) is 24.7 Å². The summed E-state index contributed by atoms with van der Waals surface area (Å²) in [5.41, 5.74) is 2.46. The number of carbonyl (C=O) groups is 2. The summed E-state index contributed by atoms with van der Waals surface area (Å²) in [6, 6.07) is 11.4. The zero-order chi connectivity index (χ0) is 22.0. The molecule has 5 nitrogen and oxygen atoms in total. The van der Waals surface area contributed by atoms with Crippen LogP contribution >= 0.6 is 15.9 Å². The zero-order valence-corrected chi connectivity index (χ0v) is 19.5. The third-order valence-electron chi connectivity index (χ3n) is 6.63. The summed E-state index contributed by atoms with van der Waals surface area (Å²) in [5, 5.41) is 3.03. The van der Waals surface area contributed by atoms with Gasteiger partial charge >= 0.3 is 0 Å². The molecule has 0 spiro atoms. The van der Waals surface area contributed by atoms with Crippen molar-refractivity contribution < 1.29 is 19.1 Å². The Morgan fingerprint density at radius 2 is 1.90 bits per heavy atom. The first-order valence-electron chi connectivity index (χ1n) is 10.9. The van der Waals surface area contributed by atoms with Crippen molar-refractivity contribution in [2.75, 3.05) is 19.0 Å². The molecule has 1 amide bonds. The highest BCUT2D eigenvalue weighted by molar-refractivity contribution is 9.10. The molecule has 2 aromatic rings. The smallest absolute Gasteiger partial charge is 0.227 e. The van der Waals surface area contributed by atoms with Crippen LogP contribution in [0.1, 0.15) is 48.0 Å². The van der Waals surface area contributed by atoms with Crippen LogP contribution in [0.4, 0.5) is 5.69 Å². The van der Waals surface area contributed by atoms with E-state index in [0.717, 1.165) is 53.6 Å². The summed E-state index contributed by atoms with van der Waals surface area (Å²) in [6.07, 6.45) is 4.10. The van der Waals surface area contributed by atoms with E-state index in [4.69, 9.17) is 9.47 Å². The minimum Gasteiger partial charge on any atom is -0.496 e. The van der Waals surface area contributed by atoms with Crippen molar-refractivity contribution in [3.05, 3.63) is 52.0 Å². The molecular weight excluding hydrogens is 458 g/mol. The lowest BCUT2D eigenvalue weighted by Crippen LogP contribution is -2.32. The molecule has 4 rings (SSSR count). The van der Waals surface area contributed by atoms with Gasteiger partial charge in [-0.1, -0.05) is 12.1 Å². The summed E-state index contributed by atoms with van der Waals surface area (Å²) in [5.74, 6) is 1.88. The minimum absolute atomic E-state index is 0.0258. The highest BCUT2D eigenvalue weighted by Crippen LogP contribution is 2.41. The second kappa shape index (κ2) is 9.43. The number of fused-ring (bicyclic) bond motifs is 1. The Kier molecular flexibility index (Phi) is 6.65. The fraction of sp³-hybridized carbons (Fsp3) is 0.440. The normalized spacial score (nSPS) is 23.3. The number of Topliss-reactive ketones (excluding diaryl/α,β-unsaturated/α-hetero) is 1. The van der Waals surface area contributed by atoms with Crippen LogP contribution in [0.15, 0.2) is 40.9 Å². The maximum atomic E-state index is 13.2. The molecule has 2 aromatic carbocycles. The predicted octanol–water partition coefficient (Wildman–Crippen LogP) is 5.79. The molecule has 1 atom stereocenters. The number of para-hydroxylation sites is 1. The molecule has 2 aliphatic rings. The number of ether oxygens (including phenoxy) is 2. The first kappa shape index (κ1) is 21.9. The van der Waals surface area contributed by atoms with Gasteiger partial charge in [-0.25, -0.2) is 0 Å². The van der Waals surface area contributed by atoms with Gasteiger partial charge in [0.05, 0.1) is 23.8 Å². The van der Waals surface area contributed by atoms with Gasteiger partial charge in [0, 0.05) is 23.6 Å². The van der Waals surface area contributed by atoms with Gasteiger partial charge in [0.1, 0.15) is 11.5 Å². The van der Waals surface area contributed by atoms with Gasteiger partial charge in [-0.3, -0.25) is 9.59 Å². The Labute approximate surface area is 191 Å². The minimum atomic E-state index is -0.0408. The van der Waals surface area contributed by atoms with Crippen molar-refractivity contribution in [3.63, 3.8) is 0 Å². The summed E-state index contributed by atoms with van der Waals surface area (Å²) in [4.78, 5) is 26.1. The fourth-order valence-corrected chi connectivity index (χ4v) is 5.32. The van der Waals surface area contributed by atoms with E-state index in [9.17, 15) is 9.59 Å². The molecule has 164 valence electrons. The molecule has 0 saturated heterocycles. The molecule has 1 heterocycles. The standard InChI is InChI=1S/C25H28BrNO4/c1-15-6-11-18(14-22(15)30-2)27-25(29)17-9-7-16(8-10-17)19-12-13-31-24-20(23(19)28)4-3-5-21(24)26/h3-6,11,14,16-17,19H,7-10,12-13H2,1-2H3,(H,27,29). The van der Waals surface area contributed by atoms with Crippen molar-refractivity contribution in [1.82, 2.24) is 0 Å². The second-order valence-corrected chi connectivity index (χ2v) is 9.36. The third kappa shape index (κ3) is 4.64. The molecule has 1 aliphatic heterocycles. The molecule has 1 saturated carbocycles. The van der Waals surface area contributed by atoms with Crippen molar-refractivity contribution in [1.29, 1.82) is 0 Å². The number of hydrogen-bond donors (Lipinski definition) is 1. The highest BCUT2D eigenvalue weighted by Gasteiger charge is 2.36. The van der Waals surface area contributed by atoms with E-state index in [1.807, 2.05) is 43.3 Å². The average molecular weight is 486 g/mol. The molecule has 6 heteroatoms. The van der Waals surface area contributed by atoms with Crippen molar-refractivity contribution in [2.24, 2.45) is 17.8 Å². The first-order valence-corrected chi connectivity index (χ1v) is 11.7. The van der Waals surface area contributed by atoms with E-state index in [1.165, 1.54) is 0 Å². The van der Waals surface area contributed by atoms with Crippen LogP contribution in [0.3, 0.4) is 0 Å². The Hall–Kier alpha value is -2.34. The van der Waals surface area contributed by atoms with Crippen molar-refractivity contribution in [2.45, 2.75) is 39.0 Å². The number of methoxy groups -OCH3 is 1.